The summed E-state index contributed by atoms with van der Waals surface area (Å²) in [5, 5.41) is 21.0. The molecule has 6 heteroatoms. The molecular weight excluding hydrogens is 250 g/mol. The average Bonchev–Trinajstić information content (AvgIpc) is 2.11. The summed E-state index contributed by atoms with van der Waals surface area (Å²) in [4.78, 5) is 22.3. The lowest BCUT2D eigenvalue weighted by atomic mass is 9.97. The van der Waals surface area contributed by atoms with Gasteiger partial charge in [-0.2, -0.15) is 0 Å². The Kier molecular flexibility index (Phi) is 6.83. The second-order valence-corrected chi connectivity index (χ2v) is 6.05. The molecule has 0 aromatic carbocycles. The van der Waals surface area contributed by atoms with Crippen LogP contribution in [0.5, 0.6) is 0 Å². The minimum Gasteiger partial charge on any atom is -0.481 e. The first-order chi connectivity index (χ1) is 8.51. The maximum absolute atomic E-state index is 11.6. The zero-order valence-corrected chi connectivity index (χ0v) is 12.3. The minimum atomic E-state index is -1.13. The van der Waals surface area contributed by atoms with Crippen LogP contribution in [0, 0.1) is 5.92 Å². The topological polar surface area (TPSA) is 95.9 Å². The second-order valence-electron chi connectivity index (χ2n) is 6.05. The molecule has 0 saturated carbocycles. The van der Waals surface area contributed by atoms with Crippen LogP contribution in [0.2, 0.25) is 0 Å². The number of nitrogens with one attached hydrogen (secondary N) is 1. The Morgan fingerprint density at radius 2 is 1.79 bits per heavy atom. The van der Waals surface area contributed by atoms with Gasteiger partial charge in [0, 0.05) is 0 Å². The number of carboxylic acids is 1. The summed E-state index contributed by atoms with van der Waals surface area (Å²) >= 11 is 0. The van der Waals surface area contributed by atoms with E-state index in [1.165, 1.54) is 0 Å². The van der Waals surface area contributed by atoms with Crippen LogP contribution in [-0.4, -0.2) is 40.0 Å². The zero-order chi connectivity index (χ0) is 15.2. The number of rotatable bonds is 6. The summed E-state index contributed by atoms with van der Waals surface area (Å²) in [5.41, 5.74) is -0.635. The van der Waals surface area contributed by atoms with Crippen molar-refractivity contribution in [1.29, 1.82) is 0 Å². The fourth-order valence-corrected chi connectivity index (χ4v) is 1.60. The molecule has 0 radical (unpaired) electrons. The van der Waals surface area contributed by atoms with Crippen molar-refractivity contribution in [3.8, 4) is 0 Å². The van der Waals surface area contributed by atoms with Crippen LogP contribution in [0.15, 0.2) is 0 Å². The molecular formula is C13H25NO5. The molecule has 2 atom stereocenters. The van der Waals surface area contributed by atoms with Crippen molar-refractivity contribution in [2.24, 2.45) is 5.92 Å². The van der Waals surface area contributed by atoms with E-state index in [-0.39, 0.29) is 5.92 Å². The molecule has 112 valence electrons. The molecule has 0 aliphatic rings. The zero-order valence-electron chi connectivity index (χ0n) is 12.3. The Morgan fingerprint density at radius 1 is 1.26 bits per heavy atom. The van der Waals surface area contributed by atoms with Gasteiger partial charge in [0.05, 0.1) is 18.6 Å². The first kappa shape index (κ1) is 17.7. The number of aliphatic hydroxyl groups is 1. The number of carbonyl (C=O) groups excluding carboxylic acids is 1. The number of carbonyl (C=O) groups is 2. The van der Waals surface area contributed by atoms with Gasteiger partial charge in [0.1, 0.15) is 5.60 Å². The highest BCUT2D eigenvalue weighted by Crippen LogP contribution is 2.13. The third-order valence-corrected chi connectivity index (χ3v) is 2.28. The minimum absolute atomic E-state index is 0.211. The molecule has 0 heterocycles. The smallest absolute Gasteiger partial charge is 0.407 e. The fraction of sp³-hybridized carbons (Fsp3) is 0.846. The van der Waals surface area contributed by atoms with E-state index in [9.17, 15) is 14.7 Å². The first-order valence-electron chi connectivity index (χ1n) is 6.40. The van der Waals surface area contributed by atoms with Gasteiger partial charge in [0.25, 0.3) is 0 Å². The van der Waals surface area contributed by atoms with E-state index in [0.29, 0.717) is 6.42 Å². The van der Waals surface area contributed by atoms with E-state index in [2.05, 4.69) is 5.32 Å². The van der Waals surface area contributed by atoms with Gasteiger partial charge in [-0.3, -0.25) is 4.79 Å². The third kappa shape index (κ3) is 9.30. The predicted octanol–water partition coefficient (Wildman–Crippen LogP) is 1.76. The summed E-state index contributed by atoms with van der Waals surface area (Å²) < 4.78 is 5.10. The number of hydrogen-bond donors (Lipinski definition) is 3. The van der Waals surface area contributed by atoms with Crippen LogP contribution < -0.4 is 5.32 Å². The van der Waals surface area contributed by atoms with Crippen molar-refractivity contribution in [2.45, 2.75) is 65.2 Å². The first-order valence-corrected chi connectivity index (χ1v) is 6.40. The van der Waals surface area contributed by atoms with Crippen molar-refractivity contribution < 1.29 is 24.5 Å². The fourth-order valence-electron chi connectivity index (χ4n) is 1.60. The van der Waals surface area contributed by atoms with Gasteiger partial charge >= 0.3 is 12.1 Å². The number of aliphatic carboxylic acids is 1. The summed E-state index contributed by atoms with van der Waals surface area (Å²) in [6.07, 6.45) is -1.71. The van der Waals surface area contributed by atoms with E-state index in [0.717, 1.165) is 0 Å². The molecule has 6 nitrogen and oxygen atoms in total. The van der Waals surface area contributed by atoms with E-state index >= 15 is 0 Å². The second kappa shape index (κ2) is 7.33. The maximum atomic E-state index is 11.6. The van der Waals surface area contributed by atoms with Gasteiger partial charge in [0.15, 0.2) is 0 Å². The van der Waals surface area contributed by atoms with Crippen molar-refractivity contribution in [1.82, 2.24) is 5.32 Å². The molecule has 0 bridgehead atoms. The summed E-state index contributed by atoms with van der Waals surface area (Å²) in [5.74, 6) is -0.893. The number of hydrogen-bond acceptors (Lipinski definition) is 4. The van der Waals surface area contributed by atoms with Crippen molar-refractivity contribution in [3.63, 3.8) is 0 Å². The van der Waals surface area contributed by atoms with Crippen molar-refractivity contribution in [3.05, 3.63) is 0 Å². The third-order valence-electron chi connectivity index (χ3n) is 2.28. The molecule has 0 aromatic heterocycles. The lowest BCUT2D eigenvalue weighted by molar-refractivity contribution is -0.139. The van der Waals surface area contributed by atoms with Crippen LogP contribution in [-0.2, 0) is 9.53 Å². The predicted molar refractivity (Wildman–Crippen MR) is 70.9 cm³/mol. The van der Waals surface area contributed by atoms with Crippen LogP contribution >= 0.6 is 0 Å². The summed E-state index contributed by atoms with van der Waals surface area (Å²) in [6, 6.07) is -0.633. The number of aliphatic hydroxyl groups excluding tert-OH is 1. The monoisotopic (exact) mass is 275 g/mol. The molecule has 1 amide bonds. The molecule has 0 spiro atoms. The SMILES string of the molecule is CC(C)C[C@@H](NC(=O)OC(C)(C)C)[C@H](O)CC(=O)O. The molecule has 19 heavy (non-hydrogen) atoms. The van der Waals surface area contributed by atoms with Gasteiger partial charge in [-0.1, -0.05) is 13.8 Å². The largest absolute Gasteiger partial charge is 0.481 e. The molecule has 0 aliphatic heterocycles. The highest BCUT2D eigenvalue weighted by Gasteiger charge is 2.26. The van der Waals surface area contributed by atoms with E-state index in [4.69, 9.17) is 9.84 Å². The maximum Gasteiger partial charge on any atom is 0.407 e. The molecule has 0 aromatic rings. The highest BCUT2D eigenvalue weighted by molar-refractivity contribution is 5.69. The molecule has 0 aliphatic carbocycles. The quantitative estimate of drug-likeness (QED) is 0.686. The standard InChI is InChI=1S/C13H25NO5/c1-8(2)6-9(10(15)7-11(16)17)14-12(18)19-13(3,4)5/h8-10,15H,6-7H2,1-5H3,(H,14,18)(H,16,17)/t9-,10-/m1/s1. The van der Waals surface area contributed by atoms with Crippen LogP contribution in [0.3, 0.4) is 0 Å². The van der Waals surface area contributed by atoms with E-state index in [1.54, 1.807) is 20.8 Å². The van der Waals surface area contributed by atoms with Crippen molar-refractivity contribution >= 4 is 12.1 Å². The Hall–Kier alpha value is -1.30. The summed E-state index contributed by atoms with van der Waals surface area (Å²) in [6.45, 7) is 9.06. The lowest BCUT2D eigenvalue weighted by Crippen LogP contribution is -2.46. The van der Waals surface area contributed by atoms with Crippen LogP contribution in [0.4, 0.5) is 4.79 Å². The highest BCUT2D eigenvalue weighted by atomic mass is 16.6. The Morgan fingerprint density at radius 3 is 2.16 bits per heavy atom. The normalized spacial score (nSPS) is 14.9. The van der Waals surface area contributed by atoms with Crippen LogP contribution in [0.1, 0.15) is 47.5 Å². The molecule has 0 fully saturated rings. The van der Waals surface area contributed by atoms with E-state index in [1.807, 2.05) is 13.8 Å². The number of alkyl carbamates (subject to hydrolysis) is 1. The average molecular weight is 275 g/mol. The summed E-state index contributed by atoms with van der Waals surface area (Å²) in [7, 11) is 0. The van der Waals surface area contributed by atoms with Gasteiger partial charge < -0.3 is 20.3 Å². The number of carboxylic acid groups (broad SMARTS) is 1. The Labute approximate surface area is 114 Å². The van der Waals surface area contributed by atoms with Gasteiger partial charge in [-0.15, -0.1) is 0 Å². The number of amides is 1. The van der Waals surface area contributed by atoms with Crippen LogP contribution in [0.25, 0.3) is 0 Å². The number of ether oxygens (including phenoxy) is 1. The van der Waals surface area contributed by atoms with Gasteiger partial charge in [-0.25, -0.2) is 4.79 Å². The van der Waals surface area contributed by atoms with Gasteiger partial charge in [-0.05, 0) is 33.1 Å². The molecule has 3 N–H and O–H groups in total. The lowest BCUT2D eigenvalue weighted by Gasteiger charge is -2.27. The Balaban J connectivity index is 4.58. The molecule has 0 saturated heterocycles. The molecule has 0 rings (SSSR count). The van der Waals surface area contributed by atoms with Crippen molar-refractivity contribution in [2.75, 3.05) is 0 Å². The molecule has 0 unspecified atom stereocenters. The van der Waals surface area contributed by atoms with E-state index < -0.39 is 36.2 Å². The van der Waals surface area contributed by atoms with Gasteiger partial charge in [0.2, 0.25) is 0 Å². The Bertz CT molecular complexity index is 309.